The minimum Gasteiger partial charge on any atom is -0.822 e. The van der Waals surface area contributed by atoms with Gasteiger partial charge in [0.1, 0.15) is 0 Å². The fourth-order valence-electron chi connectivity index (χ4n) is 0. The summed E-state index contributed by atoms with van der Waals surface area (Å²) in [5.41, 5.74) is 0. The maximum Gasteiger partial charge on any atom is 3.00 e. The molecule has 0 aromatic carbocycles. The quantitative estimate of drug-likeness (QED) is 0.384. The predicted octanol–water partition coefficient (Wildman–Crippen LogP) is -7.78. The van der Waals surface area contributed by atoms with Gasteiger partial charge in [-0.05, 0) is 0 Å². The molecule has 0 aromatic rings. The van der Waals surface area contributed by atoms with Gasteiger partial charge in [0.2, 0.25) is 0 Å². The average molecular weight is 262 g/mol. The molecule has 12 heavy (non-hydrogen) atoms. The van der Waals surface area contributed by atoms with E-state index in [0.717, 1.165) is 0 Å². The van der Waals surface area contributed by atoms with E-state index in [0.29, 0.717) is 0 Å². The van der Waals surface area contributed by atoms with Crippen molar-refractivity contribution in [1.29, 1.82) is 0 Å². The zero-order valence-corrected chi connectivity index (χ0v) is 7.35. The van der Waals surface area contributed by atoms with Crippen molar-refractivity contribution in [3.8, 4) is 0 Å². The molecule has 0 aliphatic heterocycles. The molecular weight excluding hydrogens is 250 g/mol. The summed E-state index contributed by atoms with van der Waals surface area (Å²) in [6.07, 6.45) is 0. The second-order valence-corrected chi connectivity index (χ2v) is 1.34. The summed E-state index contributed by atoms with van der Waals surface area (Å²) < 4.78 is 8.55. The maximum absolute atomic E-state index is 8.55. The summed E-state index contributed by atoms with van der Waals surface area (Å²) in [7, 11) is -5.39. The van der Waals surface area contributed by atoms with Gasteiger partial charge in [-0.3, -0.25) is 0 Å². The second-order valence-electron chi connectivity index (χ2n) is 0.447. The Bertz CT molecular complexity index is 56.0. The Morgan fingerprint density at radius 2 is 0.667 bits per heavy atom. The molecule has 10 nitrogen and oxygen atoms in total. The average Bonchev–Trinajstić information content (AvgIpc) is 0.722. The van der Waals surface area contributed by atoms with E-state index >= 15 is 0 Å². The minimum absolute atomic E-state index is 0. The molecule has 0 bridgehead atoms. The van der Waals surface area contributed by atoms with Crippen LogP contribution in [0.2, 0.25) is 0 Å². The van der Waals surface area contributed by atoms with Crippen LogP contribution >= 0.6 is 7.82 Å². The molecule has 0 aliphatic carbocycles. The van der Waals surface area contributed by atoms with E-state index in [4.69, 9.17) is 19.2 Å². The third kappa shape index (κ3) is 6440. The maximum atomic E-state index is 8.55. The van der Waals surface area contributed by atoms with Gasteiger partial charge < -0.3 is 52.1 Å². The van der Waals surface area contributed by atoms with Crippen molar-refractivity contribution in [1.82, 2.24) is 0 Å². The summed E-state index contributed by atoms with van der Waals surface area (Å²) in [5, 5.41) is 0. The van der Waals surface area contributed by atoms with Gasteiger partial charge in [0.25, 0.3) is 0 Å². The first-order valence-corrected chi connectivity index (χ1v) is 2.19. The van der Waals surface area contributed by atoms with Gasteiger partial charge in [0, 0.05) is 0 Å². The standard InChI is InChI=1S/Co.H3O4P.6H2O/c;1-5(2,3)4;;;;;;/h;(H3,1,2,3,4);6*1H2/q+3;;;;;;;/p-3. The molecule has 0 saturated carbocycles. The third-order valence-corrected chi connectivity index (χ3v) is 0. The Hall–Kier alpha value is 0.376. The molecule has 12 heteroatoms. The van der Waals surface area contributed by atoms with Gasteiger partial charge in [-0.2, -0.15) is 7.82 Å². The molecule has 0 amide bonds. The van der Waals surface area contributed by atoms with Crippen LogP contribution in [0.15, 0.2) is 0 Å². The van der Waals surface area contributed by atoms with Gasteiger partial charge in [0.15, 0.2) is 0 Å². The van der Waals surface area contributed by atoms with Crippen LogP contribution in [0.1, 0.15) is 0 Å². The van der Waals surface area contributed by atoms with Crippen molar-refractivity contribution < 1.29 is 68.9 Å². The van der Waals surface area contributed by atoms with E-state index in [1.165, 1.54) is 0 Å². The van der Waals surface area contributed by atoms with Crippen LogP contribution in [0.4, 0.5) is 0 Å². The van der Waals surface area contributed by atoms with E-state index in [2.05, 4.69) is 0 Å². The largest absolute Gasteiger partial charge is 3.00 e. The van der Waals surface area contributed by atoms with Gasteiger partial charge >= 0.3 is 16.8 Å². The number of hydrogen-bond acceptors (Lipinski definition) is 4. The molecule has 0 saturated heterocycles. The second kappa shape index (κ2) is 30.1. The van der Waals surface area contributed by atoms with Gasteiger partial charge in [-0.1, -0.05) is 0 Å². The first-order chi connectivity index (χ1) is 2.00. The monoisotopic (exact) mass is 262 g/mol. The van der Waals surface area contributed by atoms with E-state index in [9.17, 15) is 0 Å². The summed E-state index contributed by atoms with van der Waals surface area (Å²) in [5.74, 6) is 0. The normalized spacial score (nSPS) is 4.92. The third-order valence-electron chi connectivity index (χ3n) is 0. The van der Waals surface area contributed by atoms with Gasteiger partial charge in [-0.15, -0.1) is 0 Å². The first kappa shape index (κ1) is 83.6. The molecule has 0 heterocycles. The summed E-state index contributed by atoms with van der Waals surface area (Å²) in [4.78, 5) is 25.6. The Kier molecular flexibility index (Phi) is 210. The zero-order valence-electron chi connectivity index (χ0n) is 5.41. The van der Waals surface area contributed by atoms with Crippen molar-refractivity contribution in [2.75, 3.05) is 0 Å². The first-order valence-electron chi connectivity index (χ1n) is 0.730. The fourth-order valence-corrected chi connectivity index (χ4v) is 0. The summed E-state index contributed by atoms with van der Waals surface area (Å²) in [6.45, 7) is 0. The summed E-state index contributed by atoms with van der Waals surface area (Å²) >= 11 is 0. The molecular formula is H12CoO10P. The van der Waals surface area contributed by atoms with Crippen LogP contribution < -0.4 is 14.7 Å². The van der Waals surface area contributed by atoms with Crippen LogP contribution in [-0.2, 0) is 21.3 Å². The molecule has 0 aliphatic rings. The van der Waals surface area contributed by atoms with Crippen molar-refractivity contribution in [2.45, 2.75) is 0 Å². The Labute approximate surface area is 77.5 Å². The van der Waals surface area contributed by atoms with Gasteiger partial charge in [0.05, 0.1) is 0 Å². The minimum atomic E-state index is -5.39. The molecule has 0 atom stereocenters. The van der Waals surface area contributed by atoms with Crippen LogP contribution in [0.25, 0.3) is 0 Å². The van der Waals surface area contributed by atoms with E-state index in [1.807, 2.05) is 0 Å². The molecule has 0 radical (unpaired) electrons. The van der Waals surface area contributed by atoms with E-state index in [-0.39, 0.29) is 49.6 Å². The zero-order chi connectivity index (χ0) is 4.50. The Morgan fingerprint density at radius 1 is 0.667 bits per heavy atom. The SMILES string of the molecule is O.O.O.O.O.O.O=P([O-])([O-])[O-].[Co+3]. The summed E-state index contributed by atoms with van der Waals surface area (Å²) in [6, 6.07) is 0. The van der Waals surface area contributed by atoms with Crippen molar-refractivity contribution >= 4 is 7.82 Å². The van der Waals surface area contributed by atoms with Crippen LogP contribution in [0.3, 0.4) is 0 Å². The van der Waals surface area contributed by atoms with E-state index in [1.54, 1.807) is 0 Å². The smallest absolute Gasteiger partial charge is 0.822 e. The Balaban J connectivity index is -0.00000000381. The number of rotatable bonds is 0. The van der Waals surface area contributed by atoms with Crippen LogP contribution in [0, 0.1) is 0 Å². The molecule has 12 N–H and O–H groups in total. The van der Waals surface area contributed by atoms with Crippen molar-refractivity contribution in [3.05, 3.63) is 0 Å². The van der Waals surface area contributed by atoms with E-state index < -0.39 is 7.82 Å². The van der Waals surface area contributed by atoms with Crippen LogP contribution in [-0.4, -0.2) is 32.9 Å². The Morgan fingerprint density at radius 3 is 0.667 bits per heavy atom. The molecule has 0 rings (SSSR count). The predicted molar refractivity (Wildman–Crippen MR) is 29.3 cm³/mol. The molecule has 0 unspecified atom stereocenters. The number of hydrogen-bond donors (Lipinski definition) is 0. The molecule has 0 aromatic heterocycles. The molecule has 0 fully saturated rings. The number of phosphoric acid groups is 1. The van der Waals surface area contributed by atoms with Gasteiger partial charge in [-0.25, -0.2) is 0 Å². The topological polar surface area (TPSA) is 275 Å². The van der Waals surface area contributed by atoms with Crippen LogP contribution in [0.5, 0.6) is 0 Å². The fraction of sp³-hybridized carbons (Fsp3) is 0. The molecule has 86 valence electrons. The molecule has 0 spiro atoms. The van der Waals surface area contributed by atoms with Crippen molar-refractivity contribution in [2.24, 2.45) is 0 Å². The van der Waals surface area contributed by atoms with Crippen molar-refractivity contribution in [3.63, 3.8) is 0 Å².